The van der Waals surface area contributed by atoms with Gasteiger partial charge in [0.05, 0.1) is 17.8 Å². The van der Waals surface area contributed by atoms with Crippen LogP contribution in [0.15, 0.2) is 42.7 Å². The molecule has 1 fully saturated rings. The standard InChI is InChI=1S/C25H25N7O4/c1-15-9-23(29-16(2)28-15)30-24-11-18-10-17(3-6-32(18)31-24)19-12-25(35-8-5-26)27-13-21(19)36-14-22-20(33)4-7-34-22/h3,6,9-13,20,22,33H,4,7-8,14H2,1-2H3,(H,28,29,30,31)/t20-,22+/m0/s1. The van der Waals surface area contributed by atoms with Crippen molar-refractivity contribution in [1.29, 1.82) is 5.26 Å². The second-order valence-electron chi connectivity index (χ2n) is 8.42. The molecule has 0 saturated carbocycles. The molecule has 0 aromatic carbocycles. The minimum atomic E-state index is -0.559. The van der Waals surface area contributed by atoms with E-state index in [4.69, 9.17) is 19.5 Å². The van der Waals surface area contributed by atoms with Crippen LogP contribution in [-0.2, 0) is 4.74 Å². The first-order valence-electron chi connectivity index (χ1n) is 11.5. The predicted molar refractivity (Wildman–Crippen MR) is 130 cm³/mol. The number of nitrogens with one attached hydrogen (secondary N) is 1. The lowest BCUT2D eigenvalue weighted by Gasteiger charge is -2.17. The van der Waals surface area contributed by atoms with E-state index >= 15 is 0 Å². The molecule has 1 aliphatic rings. The third-order valence-electron chi connectivity index (χ3n) is 5.70. The zero-order valence-electron chi connectivity index (χ0n) is 19.9. The Morgan fingerprint density at radius 3 is 2.86 bits per heavy atom. The summed E-state index contributed by atoms with van der Waals surface area (Å²) in [6, 6.07) is 11.3. The lowest BCUT2D eigenvalue weighted by atomic mass is 10.1. The first-order valence-corrected chi connectivity index (χ1v) is 11.5. The minimum absolute atomic E-state index is 0.118. The van der Waals surface area contributed by atoms with Crippen molar-refractivity contribution in [3.63, 3.8) is 0 Å². The average Bonchev–Trinajstić information content (AvgIpc) is 3.45. The number of rotatable bonds is 8. The van der Waals surface area contributed by atoms with Crippen LogP contribution < -0.4 is 14.8 Å². The molecule has 184 valence electrons. The second kappa shape index (κ2) is 10.2. The fraction of sp³-hybridized carbons (Fsp3) is 0.320. The number of hydrogen-bond donors (Lipinski definition) is 2. The maximum absolute atomic E-state index is 10.1. The van der Waals surface area contributed by atoms with E-state index in [2.05, 4.69) is 25.4 Å². The van der Waals surface area contributed by atoms with Crippen LogP contribution in [0.1, 0.15) is 17.9 Å². The predicted octanol–water partition coefficient (Wildman–Crippen LogP) is 2.98. The number of anilines is 2. The monoisotopic (exact) mass is 487 g/mol. The molecule has 1 aliphatic heterocycles. The Labute approximate surface area is 207 Å². The van der Waals surface area contributed by atoms with E-state index in [1.807, 2.05) is 50.4 Å². The fourth-order valence-electron chi connectivity index (χ4n) is 4.05. The topological polar surface area (TPSA) is 140 Å². The van der Waals surface area contributed by atoms with Gasteiger partial charge < -0.3 is 24.6 Å². The van der Waals surface area contributed by atoms with Crippen molar-refractivity contribution in [2.45, 2.75) is 32.5 Å². The first kappa shape index (κ1) is 23.5. The van der Waals surface area contributed by atoms with E-state index in [0.29, 0.717) is 42.1 Å². The van der Waals surface area contributed by atoms with Crippen LogP contribution in [0.25, 0.3) is 16.6 Å². The Morgan fingerprint density at radius 1 is 1.19 bits per heavy atom. The van der Waals surface area contributed by atoms with E-state index in [9.17, 15) is 5.11 Å². The molecule has 0 radical (unpaired) electrons. The van der Waals surface area contributed by atoms with Crippen molar-refractivity contribution in [3.8, 4) is 28.8 Å². The fourth-order valence-corrected chi connectivity index (χ4v) is 4.05. The van der Waals surface area contributed by atoms with Crippen LogP contribution in [-0.4, -0.2) is 61.7 Å². The highest BCUT2D eigenvalue weighted by molar-refractivity contribution is 5.75. The van der Waals surface area contributed by atoms with Crippen LogP contribution >= 0.6 is 0 Å². The number of hydrogen-bond acceptors (Lipinski definition) is 10. The third kappa shape index (κ3) is 5.19. The van der Waals surface area contributed by atoms with Crippen LogP contribution in [0.5, 0.6) is 11.6 Å². The third-order valence-corrected chi connectivity index (χ3v) is 5.70. The van der Waals surface area contributed by atoms with E-state index < -0.39 is 12.2 Å². The van der Waals surface area contributed by atoms with Crippen LogP contribution in [0.4, 0.5) is 11.6 Å². The number of nitrogens with zero attached hydrogens (tertiary/aromatic N) is 6. The molecule has 0 amide bonds. The summed E-state index contributed by atoms with van der Waals surface area (Å²) in [6.45, 7) is 4.33. The molecule has 4 aromatic heterocycles. The molecule has 2 N–H and O–H groups in total. The Bertz CT molecular complexity index is 1410. The smallest absolute Gasteiger partial charge is 0.215 e. The summed E-state index contributed by atoms with van der Waals surface area (Å²) in [4.78, 5) is 13.0. The molecule has 4 aromatic rings. The number of pyridine rings is 2. The second-order valence-corrected chi connectivity index (χ2v) is 8.42. The van der Waals surface area contributed by atoms with Gasteiger partial charge in [0.1, 0.15) is 36.2 Å². The number of ether oxygens (including phenoxy) is 3. The highest BCUT2D eigenvalue weighted by Gasteiger charge is 2.27. The maximum atomic E-state index is 10.1. The van der Waals surface area contributed by atoms with Crippen molar-refractivity contribution in [3.05, 3.63) is 54.2 Å². The van der Waals surface area contributed by atoms with Gasteiger partial charge in [0.2, 0.25) is 5.88 Å². The molecular weight excluding hydrogens is 462 g/mol. The number of aliphatic hydroxyl groups excluding tert-OH is 1. The molecule has 1 saturated heterocycles. The summed E-state index contributed by atoms with van der Waals surface area (Å²) in [5.74, 6) is 2.81. The van der Waals surface area contributed by atoms with E-state index in [1.54, 1.807) is 16.8 Å². The number of aromatic nitrogens is 5. The van der Waals surface area contributed by atoms with Crippen LogP contribution in [0, 0.1) is 25.2 Å². The largest absolute Gasteiger partial charge is 0.488 e. The normalized spacial score (nSPS) is 17.2. The van der Waals surface area contributed by atoms with Crippen molar-refractivity contribution in [1.82, 2.24) is 24.6 Å². The summed E-state index contributed by atoms with van der Waals surface area (Å²) >= 11 is 0. The number of nitriles is 1. The van der Waals surface area contributed by atoms with Gasteiger partial charge in [-0.15, -0.1) is 0 Å². The molecule has 5 heterocycles. The number of aryl methyl sites for hydroxylation is 2. The number of fused-ring (bicyclic) bond motifs is 1. The molecule has 0 unspecified atom stereocenters. The Morgan fingerprint density at radius 2 is 2.08 bits per heavy atom. The molecule has 36 heavy (non-hydrogen) atoms. The summed E-state index contributed by atoms with van der Waals surface area (Å²) in [5, 5.41) is 26.7. The highest BCUT2D eigenvalue weighted by Crippen LogP contribution is 2.34. The van der Waals surface area contributed by atoms with Gasteiger partial charge in [-0.1, -0.05) is 0 Å². The van der Waals surface area contributed by atoms with Gasteiger partial charge in [0.15, 0.2) is 12.4 Å². The van der Waals surface area contributed by atoms with Gasteiger partial charge in [0.25, 0.3) is 0 Å². The van der Waals surface area contributed by atoms with Gasteiger partial charge >= 0.3 is 0 Å². The van der Waals surface area contributed by atoms with Crippen LogP contribution in [0.2, 0.25) is 0 Å². The van der Waals surface area contributed by atoms with Crippen molar-refractivity contribution < 1.29 is 19.3 Å². The number of aliphatic hydroxyl groups is 1. The molecule has 11 heteroatoms. The average molecular weight is 488 g/mol. The maximum Gasteiger partial charge on any atom is 0.215 e. The van der Waals surface area contributed by atoms with Gasteiger partial charge in [-0.25, -0.2) is 19.5 Å². The van der Waals surface area contributed by atoms with E-state index in [-0.39, 0.29) is 13.2 Å². The molecule has 2 atom stereocenters. The molecule has 0 bridgehead atoms. The quantitative estimate of drug-likeness (QED) is 0.381. The Balaban J connectivity index is 1.44. The molecule has 5 rings (SSSR count). The van der Waals surface area contributed by atoms with Gasteiger partial charge in [-0.2, -0.15) is 10.4 Å². The van der Waals surface area contributed by atoms with Crippen molar-refractivity contribution in [2.24, 2.45) is 0 Å². The molecular formula is C25H25N7O4. The minimum Gasteiger partial charge on any atom is -0.488 e. The van der Waals surface area contributed by atoms with E-state index in [1.165, 1.54) is 0 Å². The van der Waals surface area contributed by atoms with E-state index in [0.717, 1.165) is 22.3 Å². The SMILES string of the molecule is Cc1cc(Nc2cc3cc(-c4cc(OCC#N)ncc4OC[C@H]4OCC[C@@H]4O)ccn3n2)nc(C)n1. The summed E-state index contributed by atoms with van der Waals surface area (Å²) in [5.41, 5.74) is 3.28. The molecule has 0 aliphatic carbocycles. The lowest BCUT2D eigenvalue weighted by molar-refractivity contribution is 0.0110. The highest BCUT2D eigenvalue weighted by atomic mass is 16.5. The lowest BCUT2D eigenvalue weighted by Crippen LogP contribution is -2.28. The van der Waals surface area contributed by atoms with Crippen molar-refractivity contribution >= 4 is 17.2 Å². The zero-order valence-corrected chi connectivity index (χ0v) is 19.9. The first-order chi connectivity index (χ1) is 17.5. The van der Waals surface area contributed by atoms with Gasteiger partial charge in [0, 0.05) is 42.3 Å². The van der Waals surface area contributed by atoms with Gasteiger partial charge in [-0.05, 0) is 38.0 Å². The van der Waals surface area contributed by atoms with Gasteiger partial charge in [-0.3, -0.25) is 0 Å². The summed E-state index contributed by atoms with van der Waals surface area (Å²) in [6.07, 6.45) is 3.03. The summed E-state index contributed by atoms with van der Waals surface area (Å²) < 4.78 is 18.7. The molecule has 0 spiro atoms. The van der Waals surface area contributed by atoms with Crippen LogP contribution in [0.3, 0.4) is 0 Å². The Hall–Kier alpha value is -4.27. The molecule has 11 nitrogen and oxygen atoms in total. The van der Waals surface area contributed by atoms with Crippen molar-refractivity contribution in [2.75, 3.05) is 25.1 Å². The Kier molecular flexibility index (Phi) is 6.62. The summed E-state index contributed by atoms with van der Waals surface area (Å²) in [7, 11) is 0. The zero-order chi connectivity index (χ0) is 25.1.